The van der Waals surface area contributed by atoms with Crippen LogP contribution in [0, 0.1) is 6.92 Å². The summed E-state index contributed by atoms with van der Waals surface area (Å²) in [6.07, 6.45) is 1.58. The summed E-state index contributed by atoms with van der Waals surface area (Å²) in [4.78, 5) is 37.0. The maximum atomic E-state index is 11.8. The fourth-order valence-electron chi connectivity index (χ4n) is 3.23. The van der Waals surface area contributed by atoms with E-state index in [1.807, 2.05) is 0 Å². The topological polar surface area (TPSA) is 87.7 Å². The maximum Gasteiger partial charge on any atom is 0.290 e. The van der Waals surface area contributed by atoms with Crippen molar-refractivity contribution in [3.8, 4) is 5.88 Å². The second kappa shape index (κ2) is 8.12. The Morgan fingerprint density at radius 2 is 1.76 bits per heavy atom. The van der Waals surface area contributed by atoms with Crippen molar-refractivity contribution in [3.05, 3.63) is 46.5 Å². The van der Waals surface area contributed by atoms with E-state index in [1.54, 1.807) is 19.3 Å². The number of nitrogens with zero attached hydrogens (tertiary/aromatic N) is 4. The molecule has 0 atom stereocenters. The molecule has 3 heterocycles. The molecule has 1 aromatic carbocycles. The zero-order chi connectivity index (χ0) is 20.4. The second-order valence-corrected chi connectivity index (χ2v) is 7.81. The van der Waals surface area contributed by atoms with Crippen molar-refractivity contribution in [2.24, 2.45) is 0 Å². The summed E-state index contributed by atoms with van der Waals surface area (Å²) >= 11 is 0.862. The molecular formula is C20H21N5O3S. The van der Waals surface area contributed by atoms with E-state index in [2.05, 4.69) is 56.3 Å². The Morgan fingerprint density at radius 1 is 1.07 bits per heavy atom. The summed E-state index contributed by atoms with van der Waals surface area (Å²) in [7, 11) is 1.54. The van der Waals surface area contributed by atoms with E-state index in [1.165, 1.54) is 11.3 Å². The van der Waals surface area contributed by atoms with Crippen LogP contribution in [0.25, 0.3) is 6.08 Å². The third kappa shape index (κ3) is 4.34. The molecule has 2 fully saturated rings. The average molecular weight is 411 g/mol. The van der Waals surface area contributed by atoms with Gasteiger partial charge >= 0.3 is 0 Å². The largest absolute Gasteiger partial charge is 0.481 e. The third-order valence-corrected chi connectivity index (χ3v) is 5.61. The van der Waals surface area contributed by atoms with Crippen LogP contribution < -0.4 is 19.9 Å². The molecule has 2 aliphatic rings. The molecule has 0 saturated carbocycles. The number of imide groups is 1. The van der Waals surface area contributed by atoms with Gasteiger partial charge in [-0.1, -0.05) is 17.7 Å². The lowest BCUT2D eigenvalue weighted by Gasteiger charge is -2.36. The fraction of sp³-hybridized carbons (Fsp3) is 0.300. The van der Waals surface area contributed by atoms with Crippen LogP contribution in [0.1, 0.15) is 11.3 Å². The van der Waals surface area contributed by atoms with Crippen molar-refractivity contribution in [2.75, 3.05) is 43.1 Å². The van der Waals surface area contributed by atoms with E-state index in [-0.39, 0.29) is 5.24 Å². The Hall–Kier alpha value is -3.07. The first-order chi connectivity index (χ1) is 14.0. The predicted molar refractivity (Wildman–Crippen MR) is 113 cm³/mol. The van der Waals surface area contributed by atoms with Gasteiger partial charge in [-0.2, -0.15) is 4.98 Å². The lowest BCUT2D eigenvalue weighted by Crippen LogP contribution is -2.47. The molecule has 9 heteroatoms. The Morgan fingerprint density at radius 3 is 2.38 bits per heavy atom. The van der Waals surface area contributed by atoms with Crippen molar-refractivity contribution in [3.63, 3.8) is 0 Å². The fourth-order valence-corrected chi connectivity index (χ4v) is 3.89. The number of ether oxygens (including phenoxy) is 1. The Kier molecular flexibility index (Phi) is 5.39. The van der Waals surface area contributed by atoms with Crippen molar-refractivity contribution < 1.29 is 14.3 Å². The number of methoxy groups -OCH3 is 1. The second-order valence-electron chi connectivity index (χ2n) is 6.80. The molecule has 2 aromatic rings. The number of benzene rings is 1. The molecule has 1 aromatic heterocycles. The lowest BCUT2D eigenvalue weighted by atomic mass is 10.2. The van der Waals surface area contributed by atoms with Gasteiger partial charge in [-0.25, -0.2) is 4.98 Å². The number of nitrogens with one attached hydrogen (secondary N) is 1. The van der Waals surface area contributed by atoms with Crippen LogP contribution in [0.3, 0.4) is 0 Å². The third-order valence-electron chi connectivity index (χ3n) is 4.80. The Balaban J connectivity index is 1.51. The zero-order valence-corrected chi connectivity index (χ0v) is 17.0. The lowest BCUT2D eigenvalue weighted by molar-refractivity contribution is -0.115. The number of thioether (sulfide) groups is 1. The van der Waals surface area contributed by atoms with Gasteiger partial charge in [-0.15, -0.1) is 0 Å². The highest BCUT2D eigenvalue weighted by Gasteiger charge is 2.26. The van der Waals surface area contributed by atoms with Crippen molar-refractivity contribution in [1.82, 2.24) is 15.3 Å². The molecule has 4 rings (SSSR count). The first-order valence-corrected chi connectivity index (χ1v) is 10.1. The van der Waals surface area contributed by atoms with Crippen LogP contribution in [-0.2, 0) is 4.79 Å². The standard InChI is InChI=1S/C20H21N5O3S/c1-13-3-5-15(6-4-13)24-7-9-25(10-8-24)19-21-14(12-17(22-19)28-2)11-16-18(26)23-20(27)29-16/h3-6,11-12H,7-10H2,1-2H3,(H,23,26,27)/b16-11+. The number of carbonyl (C=O) groups is 2. The quantitative estimate of drug-likeness (QED) is 0.768. The van der Waals surface area contributed by atoms with E-state index < -0.39 is 5.91 Å². The minimum atomic E-state index is -0.411. The van der Waals surface area contributed by atoms with E-state index in [4.69, 9.17) is 4.74 Å². The molecule has 2 saturated heterocycles. The summed E-state index contributed by atoms with van der Waals surface area (Å²) in [5, 5.41) is 1.86. The van der Waals surface area contributed by atoms with Crippen LogP contribution in [0.5, 0.6) is 5.88 Å². The number of anilines is 2. The molecule has 2 aliphatic heterocycles. The van der Waals surface area contributed by atoms with Crippen LogP contribution in [-0.4, -0.2) is 54.4 Å². The summed E-state index contributed by atoms with van der Waals surface area (Å²) in [5.74, 6) is 0.554. The summed E-state index contributed by atoms with van der Waals surface area (Å²) in [6.45, 7) is 5.33. The van der Waals surface area contributed by atoms with Gasteiger partial charge < -0.3 is 14.5 Å². The highest BCUT2D eigenvalue weighted by Crippen LogP contribution is 2.27. The SMILES string of the molecule is COc1cc(/C=C2/SC(=O)NC2=O)nc(N2CCN(c3ccc(C)cc3)CC2)n1. The van der Waals surface area contributed by atoms with Crippen molar-refractivity contribution >= 4 is 40.6 Å². The minimum absolute atomic E-state index is 0.311. The number of hydrogen-bond donors (Lipinski definition) is 1. The van der Waals surface area contributed by atoms with Crippen molar-refractivity contribution in [2.45, 2.75) is 6.92 Å². The van der Waals surface area contributed by atoms with Crippen LogP contribution in [0.15, 0.2) is 35.2 Å². The predicted octanol–water partition coefficient (Wildman–Crippen LogP) is 2.44. The number of amides is 2. The number of rotatable bonds is 4. The smallest absolute Gasteiger partial charge is 0.290 e. The van der Waals surface area contributed by atoms with E-state index in [0.717, 1.165) is 37.9 Å². The molecule has 0 aliphatic carbocycles. The number of hydrogen-bond acceptors (Lipinski definition) is 8. The molecule has 1 N–H and O–H groups in total. The van der Waals surface area contributed by atoms with Gasteiger partial charge in [-0.05, 0) is 36.9 Å². The molecule has 0 spiro atoms. The number of aromatic nitrogens is 2. The minimum Gasteiger partial charge on any atom is -0.481 e. The van der Waals surface area contributed by atoms with Crippen molar-refractivity contribution in [1.29, 1.82) is 0 Å². The number of piperazine rings is 1. The Bertz CT molecular complexity index is 969. The zero-order valence-electron chi connectivity index (χ0n) is 16.2. The average Bonchev–Trinajstić information content (AvgIpc) is 3.05. The van der Waals surface area contributed by atoms with Crippen LogP contribution in [0.4, 0.5) is 16.4 Å². The maximum absolute atomic E-state index is 11.8. The van der Waals surface area contributed by atoms with Gasteiger partial charge in [0.25, 0.3) is 11.1 Å². The molecule has 0 unspecified atom stereocenters. The number of aryl methyl sites for hydroxylation is 1. The van der Waals surface area contributed by atoms with E-state index >= 15 is 0 Å². The Labute approximate surface area is 173 Å². The summed E-state index contributed by atoms with van der Waals surface area (Å²) in [5.41, 5.74) is 2.98. The first kappa shape index (κ1) is 19.3. The molecule has 0 bridgehead atoms. The van der Waals surface area contributed by atoms with Gasteiger partial charge in [0, 0.05) is 37.9 Å². The van der Waals surface area contributed by atoms with Gasteiger partial charge in [0.05, 0.1) is 17.7 Å². The molecule has 150 valence electrons. The molecule has 8 nitrogen and oxygen atoms in total. The van der Waals surface area contributed by atoms with Gasteiger partial charge in [0.15, 0.2) is 0 Å². The summed E-state index contributed by atoms with van der Waals surface area (Å²) in [6, 6.07) is 10.2. The molecule has 0 radical (unpaired) electrons. The van der Waals surface area contributed by atoms with E-state index in [9.17, 15) is 9.59 Å². The first-order valence-electron chi connectivity index (χ1n) is 9.26. The molecule has 2 amide bonds. The normalized spacial score (nSPS) is 18.3. The number of carbonyl (C=O) groups excluding carboxylic acids is 2. The van der Waals surface area contributed by atoms with E-state index in [0.29, 0.717) is 22.4 Å². The monoisotopic (exact) mass is 411 g/mol. The van der Waals surface area contributed by atoms with Crippen LogP contribution >= 0.6 is 11.8 Å². The molecule has 29 heavy (non-hydrogen) atoms. The highest BCUT2D eigenvalue weighted by atomic mass is 32.2. The summed E-state index contributed by atoms with van der Waals surface area (Å²) < 4.78 is 5.31. The van der Waals surface area contributed by atoms with Crippen LogP contribution in [0.2, 0.25) is 0 Å². The molecular weight excluding hydrogens is 390 g/mol. The van der Waals surface area contributed by atoms with Gasteiger partial charge in [-0.3, -0.25) is 14.9 Å². The van der Waals surface area contributed by atoms with Gasteiger partial charge in [0.2, 0.25) is 11.8 Å². The highest BCUT2D eigenvalue weighted by molar-refractivity contribution is 8.18. The van der Waals surface area contributed by atoms with Gasteiger partial charge in [0.1, 0.15) is 0 Å².